The number of aliphatic imine (C=N–C) groups is 1. The molecule has 144 valence electrons. The molecule has 4 N–H and O–H groups in total. The first kappa shape index (κ1) is 19.4. The Morgan fingerprint density at radius 2 is 1.78 bits per heavy atom. The van der Waals surface area contributed by atoms with Gasteiger partial charge in [-0.25, -0.2) is 18.1 Å². The van der Waals surface area contributed by atoms with Crippen LogP contribution in [0.15, 0.2) is 47.5 Å². The molecule has 0 radical (unpaired) electrons. The number of sulfonamides is 1. The highest BCUT2D eigenvalue weighted by atomic mass is 32.2. The van der Waals surface area contributed by atoms with Gasteiger partial charge in [0.05, 0.1) is 12.3 Å². The second-order valence-corrected chi connectivity index (χ2v) is 8.68. The van der Waals surface area contributed by atoms with E-state index in [-0.39, 0.29) is 5.75 Å². The van der Waals surface area contributed by atoms with E-state index in [0.717, 1.165) is 29.7 Å². The third kappa shape index (κ3) is 5.30. The Labute approximate surface area is 160 Å². The Morgan fingerprint density at radius 1 is 1.07 bits per heavy atom. The van der Waals surface area contributed by atoms with Gasteiger partial charge in [-0.2, -0.15) is 0 Å². The van der Waals surface area contributed by atoms with Crippen LogP contribution in [0.25, 0.3) is 0 Å². The maximum atomic E-state index is 11.6. The van der Waals surface area contributed by atoms with Crippen LogP contribution in [0, 0.1) is 0 Å². The number of nitrogens with one attached hydrogen (secondary N) is 2. The van der Waals surface area contributed by atoms with E-state index in [4.69, 9.17) is 5.73 Å². The van der Waals surface area contributed by atoms with Crippen LogP contribution < -0.4 is 15.8 Å². The molecule has 0 aromatic heterocycles. The molecule has 7 heteroatoms. The van der Waals surface area contributed by atoms with Gasteiger partial charge in [0, 0.05) is 5.69 Å². The number of rotatable bonds is 6. The minimum atomic E-state index is -3.26. The lowest BCUT2D eigenvalue weighted by molar-refractivity contribution is 0.587. The molecule has 0 fully saturated rings. The van der Waals surface area contributed by atoms with Gasteiger partial charge in [0.15, 0.2) is 5.96 Å². The van der Waals surface area contributed by atoms with E-state index >= 15 is 0 Å². The molecule has 2 aromatic carbocycles. The SMILES string of the molecule is CNS(=O)(=O)Cc1ccc(CN=C(N)Nc2cccc3c2CCCC3)cc1. The van der Waals surface area contributed by atoms with Crippen LogP contribution in [0.2, 0.25) is 0 Å². The molecule has 0 aliphatic heterocycles. The summed E-state index contributed by atoms with van der Waals surface area (Å²) in [5, 5.41) is 3.23. The number of aryl methyl sites for hydroxylation is 1. The maximum absolute atomic E-state index is 11.6. The largest absolute Gasteiger partial charge is 0.370 e. The number of benzene rings is 2. The maximum Gasteiger partial charge on any atom is 0.215 e. The fourth-order valence-electron chi connectivity index (χ4n) is 3.28. The summed E-state index contributed by atoms with van der Waals surface area (Å²) in [7, 11) is -1.85. The molecule has 1 aliphatic carbocycles. The third-order valence-electron chi connectivity index (χ3n) is 4.78. The van der Waals surface area contributed by atoms with Crippen molar-refractivity contribution in [1.29, 1.82) is 0 Å². The summed E-state index contributed by atoms with van der Waals surface area (Å²) in [5.74, 6) is 0.353. The Bertz CT molecular complexity index is 921. The summed E-state index contributed by atoms with van der Waals surface area (Å²) in [6, 6.07) is 13.6. The van der Waals surface area contributed by atoms with Crippen LogP contribution in [0.3, 0.4) is 0 Å². The molecule has 0 amide bonds. The lowest BCUT2D eigenvalue weighted by atomic mass is 9.90. The predicted octanol–water partition coefficient (Wildman–Crippen LogP) is 2.54. The zero-order chi connectivity index (χ0) is 19.3. The van der Waals surface area contributed by atoms with Gasteiger partial charge in [-0.3, -0.25) is 0 Å². The lowest BCUT2D eigenvalue weighted by Crippen LogP contribution is -2.24. The second-order valence-electron chi connectivity index (χ2n) is 6.76. The van der Waals surface area contributed by atoms with Crippen LogP contribution in [-0.2, 0) is 35.2 Å². The molecule has 0 saturated heterocycles. The summed E-state index contributed by atoms with van der Waals surface area (Å²) < 4.78 is 25.5. The molecule has 0 heterocycles. The minimum absolute atomic E-state index is 0.0319. The smallest absolute Gasteiger partial charge is 0.215 e. The van der Waals surface area contributed by atoms with Crippen molar-refractivity contribution >= 4 is 21.7 Å². The molecular weight excluding hydrogens is 360 g/mol. The minimum Gasteiger partial charge on any atom is -0.370 e. The first-order valence-corrected chi connectivity index (χ1v) is 10.8. The van der Waals surface area contributed by atoms with E-state index in [1.54, 1.807) is 12.1 Å². The lowest BCUT2D eigenvalue weighted by Gasteiger charge is -2.19. The van der Waals surface area contributed by atoms with Crippen LogP contribution in [0.1, 0.15) is 35.1 Å². The van der Waals surface area contributed by atoms with E-state index in [0.29, 0.717) is 12.5 Å². The zero-order valence-electron chi connectivity index (χ0n) is 15.5. The molecule has 0 bridgehead atoms. The second kappa shape index (κ2) is 8.54. The Balaban J connectivity index is 1.63. The van der Waals surface area contributed by atoms with E-state index in [1.165, 1.54) is 31.0 Å². The Kier molecular flexibility index (Phi) is 6.13. The Morgan fingerprint density at radius 3 is 2.52 bits per heavy atom. The van der Waals surface area contributed by atoms with Crippen molar-refractivity contribution in [2.45, 2.75) is 38.0 Å². The molecule has 0 saturated carbocycles. The number of nitrogens with two attached hydrogens (primary N) is 1. The van der Waals surface area contributed by atoms with Crippen LogP contribution in [-0.4, -0.2) is 21.4 Å². The highest BCUT2D eigenvalue weighted by Crippen LogP contribution is 2.27. The van der Waals surface area contributed by atoms with Gasteiger partial charge in [-0.05, 0) is 61.1 Å². The number of hydrogen-bond donors (Lipinski definition) is 3. The van der Waals surface area contributed by atoms with Crippen molar-refractivity contribution in [1.82, 2.24) is 4.72 Å². The molecule has 2 aromatic rings. The quantitative estimate of drug-likeness (QED) is 0.525. The summed E-state index contributed by atoms with van der Waals surface area (Å²) in [5.41, 5.74) is 11.6. The van der Waals surface area contributed by atoms with Crippen molar-refractivity contribution in [3.05, 3.63) is 64.7 Å². The molecule has 0 unspecified atom stereocenters. The summed E-state index contributed by atoms with van der Waals surface area (Å²) in [6.07, 6.45) is 4.64. The number of nitrogens with zero attached hydrogens (tertiary/aromatic N) is 1. The van der Waals surface area contributed by atoms with Gasteiger partial charge in [0.1, 0.15) is 0 Å². The highest BCUT2D eigenvalue weighted by molar-refractivity contribution is 7.88. The topological polar surface area (TPSA) is 96.6 Å². The zero-order valence-corrected chi connectivity index (χ0v) is 16.3. The van der Waals surface area contributed by atoms with Gasteiger partial charge in [0.2, 0.25) is 10.0 Å². The number of guanidine groups is 1. The van der Waals surface area contributed by atoms with Crippen molar-refractivity contribution in [2.24, 2.45) is 10.7 Å². The number of hydrogen-bond acceptors (Lipinski definition) is 3. The van der Waals surface area contributed by atoms with Crippen molar-refractivity contribution in [3.8, 4) is 0 Å². The van der Waals surface area contributed by atoms with Crippen molar-refractivity contribution < 1.29 is 8.42 Å². The summed E-state index contributed by atoms with van der Waals surface area (Å²) in [4.78, 5) is 4.41. The standard InChI is InChI=1S/C20H26N4O2S/c1-22-27(25,26)14-16-11-9-15(10-12-16)13-23-20(21)24-19-8-4-6-17-5-2-3-7-18(17)19/h4,6,8-12,22H,2-3,5,7,13-14H2,1H3,(H3,21,23,24). The average Bonchev–Trinajstić information content (AvgIpc) is 2.67. The number of fused-ring (bicyclic) bond motifs is 1. The molecule has 0 atom stereocenters. The Hall–Kier alpha value is -2.38. The van der Waals surface area contributed by atoms with E-state index in [9.17, 15) is 8.42 Å². The molecule has 27 heavy (non-hydrogen) atoms. The number of anilines is 1. The van der Waals surface area contributed by atoms with Crippen LogP contribution in [0.4, 0.5) is 5.69 Å². The molecule has 6 nitrogen and oxygen atoms in total. The van der Waals surface area contributed by atoms with Crippen molar-refractivity contribution in [2.75, 3.05) is 12.4 Å². The van der Waals surface area contributed by atoms with Crippen LogP contribution >= 0.6 is 0 Å². The average molecular weight is 387 g/mol. The third-order valence-corrected chi connectivity index (χ3v) is 6.12. The fraction of sp³-hybridized carbons (Fsp3) is 0.350. The van der Waals surface area contributed by atoms with Gasteiger partial charge in [-0.15, -0.1) is 0 Å². The molecule has 3 rings (SSSR count). The molecular formula is C20H26N4O2S. The van der Waals surface area contributed by atoms with Gasteiger partial charge in [0.25, 0.3) is 0 Å². The van der Waals surface area contributed by atoms with E-state index in [1.807, 2.05) is 18.2 Å². The molecule has 0 spiro atoms. The first-order valence-electron chi connectivity index (χ1n) is 9.13. The fourth-order valence-corrected chi connectivity index (χ4v) is 4.06. The van der Waals surface area contributed by atoms with Gasteiger partial charge >= 0.3 is 0 Å². The summed E-state index contributed by atoms with van der Waals surface area (Å²) in [6.45, 7) is 0.437. The monoisotopic (exact) mass is 386 g/mol. The first-order chi connectivity index (χ1) is 13.0. The normalized spacial score (nSPS) is 14.6. The van der Waals surface area contributed by atoms with E-state index in [2.05, 4.69) is 27.2 Å². The highest BCUT2D eigenvalue weighted by Gasteiger charge is 2.13. The summed E-state index contributed by atoms with van der Waals surface area (Å²) >= 11 is 0. The predicted molar refractivity (Wildman–Crippen MR) is 110 cm³/mol. The van der Waals surface area contributed by atoms with Gasteiger partial charge in [-0.1, -0.05) is 36.4 Å². The van der Waals surface area contributed by atoms with E-state index < -0.39 is 10.0 Å². The molecule has 1 aliphatic rings. The van der Waals surface area contributed by atoms with Crippen LogP contribution in [0.5, 0.6) is 0 Å². The van der Waals surface area contributed by atoms with Crippen molar-refractivity contribution in [3.63, 3.8) is 0 Å². The van der Waals surface area contributed by atoms with Gasteiger partial charge < -0.3 is 11.1 Å².